The van der Waals surface area contributed by atoms with E-state index in [1.54, 1.807) is 0 Å². The van der Waals surface area contributed by atoms with E-state index in [0.717, 1.165) is 31.3 Å². The van der Waals surface area contributed by atoms with Crippen LogP contribution in [0.4, 0.5) is 0 Å². The Balaban J connectivity index is 2.06. The Morgan fingerprint density at radius 1 is 1.41 bits per heavy atom. The summed E-state index contributed by atoms with van der Waals surface area (Å²) in [5.41, 5.74) is 3.99. The van der Waals surface area contributed by atoms with Crippen LogP contribution in [-0.4, -0.2) is 22.9 Å². The molecule has 0 amide bonds. The van der Waals surface area contributed by atoms with Crippen molar-refractivity contribution in [3.05, 3.63) is 23.3 Å². The van der Waals surface area contributed by atoms with Crippen molar-refractivity contribution in [2.75, 3.05) is 6.61 Å². The molecule has 2 saturated carbocycles. The van der Waals surface area contributed by atoms with E-state index in [0.29, 0.717) is 0 Å². The second kappa shape index (κ2) is 3.24. The first kappa shape index (κ1) is 11.5. The minimum Gasteiger partial charge on any atom is -0.396 e. The second-order valence-corrected chi connectivity index (χ2v) is 6.66. The molecule has 2 fully saturated rings. The summed E-state index contributed by atoms with van der Waals surface area (Å²) in [6, 6.07) is 0. The molecule has 0 bridgehead atoms. The molecule has 0 aromatic rings. The third-order valence-corrected chi connectivity index (χ3v) is 5.46. The van der Waals surface area contributed by atoms with Crippen LogP contribution in [0.5, 0.6) is 0 Å². The van der Waals surface area contributed by atoms with Crippen molar-refractivity contribution in [1.29, 1.82) is 0 Å². The standard InChI is InChI=1S/C15H22O2/c1-9-11-6-14(3,8-16)7-12(11)13(17)10(2)15(9)4-5-15/h12-13,16-17H,2,4-8H2,1,3H3/t12-,13-,14-/m0/s1. The fraction of sp³-hybridized carbons (Fsp3) is 0.733. The van der Waals surface area contributed by atoms with E-state index in [1.165, 1.54) is 11.1 Å². The van der Waals surface area contributed by atoms with Crippen molar-refractivity contribution in [2.45, 2.75) is 45.6 Å². The summed E-state index contributed by atoms with van der Waals surface area (Å²) >= 11 is 0. The molecule has 0 saturated heterocycles. The molecule has 3 rings (SSSR count). The zero-order valence-electron chi connectivity index (χ0n) is 10.8. The Morgan fingerprint density at radius 2 is 2.06 bits per heavy atom. The third-order valence-electron chi connectivity index (χ3n) is 5.46. The average molecular weight is 234 g/mol. The van der Waals surface area contributed by atoms with Crippen LogP contribution in [0.1, 0.15) is 39.5 Å². The summed E-state index contributed by atoms with van der Waals surface area (Å²) < 4.78 is 0. The molecule has 2 nitrogen and oxygen atoms in total. The van der Waals surface area contributed by atoms with Crippen LogP contribution in [-0.2, 0) is 0 Å². The maximum Gasteiger partial charge on any atom is 0.0821 e. The van der Waals surface area contributed by atoms with Gasteiger partial charge in [0, 0.05) is 17.9 Å². The summed E-state index contributed by atoms with van der Waals surface area (Å²) in [5.74, 6) is 0.214. The molecule has 3 aliphatic carbocycles. The summed E-state index contributed by atoms with van der Waals surface area (Å²) in [6.07, 6.45) is 3.77. The Morgan fingerprint density at radius 3 is 2.59 bits per heavy atom. The van der Waals surface area contributed by atoms with Crippen LogP contribution in [0.15, 0.2) is 23.3 Å². The van der Waals surface area contributed by atoms with Crippen molar-refractivity contribution in [1.82, 2.24) is 0 Å². The van der Waals surface area contributed by atoms with Crippen LogP contribution in [0.3, 0.4) is 0 Å². The van der Waals surface area contributed by atoms with E-state index in [9.17, 15) is 10.2 Å². The number of aliphatic hydroxyl groups excluding tert-OH is 2. The number of fused-ring (bicyclic) bond motifs is 1. The average Bonchev–Trinajstić information content (AvgIpc) is 3.04. The van der Waals surface area contributed by atoms with Gasteiger partial charge in [-0.25, -0.2) is 0 Å². The fourth-order valence-electron chi connectivity index (χ4n) is 4.05. The lowest BCUT2D eigenvalue weighted by Crippen LogP contribution is -2.33. The minimum absolute atomic E-state index is 0.0387. The maximum atomic E-state index is 10.5. The highest BCUT2D eigenvalue weighted by atomic mass is 16.3. The first-order valence-corrected chi connectivity index (χ1v) is 6.62. The van der Waals surface area contributed by atoms with Gasteiger partial charge in [0.25, 0.3) is 0 Å². The predicted octanol–water partition coefficient (Wildman–Crippen LogP) is 2.42. The van der Waals surface area contributed by atoms with Crippen LogP contribution >= 0.6 is 0 Å². The lowest BCUT2D eigenvalue weighted by molar-refractivity contribution is 0.107. The van der Waals surface area contributed by atoms with Gasteiger partial charge < -0.3 is 10.2 Å². The van der Waals surface area contributed by atoms with Crippen molar-refractivity contribution in [2.24, 2.45) is 16.7 Å². The van der Waals surface area contributed by atoms with Gasteiger partial charge in [-0.2, -0.15) is 0 Å². The Bertz CT molecular complexity index is 417. The molecular formula is C15H22O2. The van der Waals surface area contributed by atoms with Gasteiger partial charge in [0.05, 0.1) is 6.10 Å². The number of allylic oxidation sites excluding steroid dienone is 1. The van der Waals surface area contributed by atoms with Gasteiger partial charge in [-0.15, -0.1) is 0 Å². The highest BCUT2D eigenvalue weighted by Gasteiger charge is 2.57. The first-order chi connectivity index (χ1) is 7.93. The molecule has 17 heavy (non-hydrogen) atoms. The molecule has 0 aromatic heterocycles. The van der Waals surface area contributed by atoms with Crippen molar-refractivity contribution >= 4 is 0 Å². The van der Waals surface area contributed by atoms with Crippen molar-refractivity contribution in [3.8, 4) is 0 Å². The van der Waals surface area contributed by atoms with Gasteiger partial charge in [-0.05, 0) is 43.6 Å². The maximum absolute atomic E-state index is 10.5. The summed E-state index contributed by atoms with van der Waals surface area (Å²) in [4.78, 5) is 0. The monoisotopic (exact) mass is 234 g/mol. The molecule has 2 heteroatoms. The molecule has 1 spiro atoms. The van der Waals surface area contributed by atoms with E-state index >= 15 is 0 Å². The van der Waals surface area contributed by atoms with Gasteiger partial charge in [0.1, 0.15) is 0 Å². The van der Waals surface area contributed by atoms with Crippen molar-refractivity contribution < 1.29 is 10.2 Å². The normalized spacial score (nSPS) is 43.2. The lowest BCUT2D eigenvalue weighted by Gasteiger charge is -2.36. The van der Waals surface area contributed by atoms with Crippen molar-refractivity contribution in [3.63, 3.8) is 0 Å². The highest BCUT2D eigenvalue weighted by Crippen LogP contribution is 2.65. The predicted molar refractivity (Wildman–Crippen MR) is 67.4 cm³/mol. The quantitative estimate of drug-likeness (QED) is 0.684. The van der Waals surface area contributed by atoms with Crippen LogP contribution in [0.2, 0.25) is 0 Å². The molecule has 3 aliphatic rings. The molecule has 0 unspecified atom stereocenters. The molecule has 0 radical (unpaired) electrons. The molecular weight excluding hydrogens is 212 g/mol. The zero-order chi connectivity index (χ0) is 12.4. The molecule has 0 heterocycles. The largest absolute Gasteiger partial charge is 0.396 e. The van der Waals surface area contributed by atoms with Crippen LogP contribution in [0, 0.1) is 16.7 Å². The zero-order valence-corrected chi connectivity index (χ0v) is 10.8. The molecule has 0 aliphatic heterocycles. The van der Waals surface area contributed by atoms with E-state index in [2.05, 4.69) is 20.4 Å². The van der Waals surface area contributed by atoms with E-state index in [4.69, 9.17) is 0 Å². The molecule has 2 N–H and O–H groups in total. The smallest absolute Gasteiger partial charge is 0.0821 e. The Labute approximate surface area is 103 Å². The summed E-state index contributed by atoms with van der Waals surface area (Å²) in [7, 11) is 0. The fourth-order valence-corrected chi connectivity index (χ4v) is 4.05. The van der Waals surface area contributed by atoms with Gasteiger partial charge in [0.15, 0.2) is 0 Å². The molecule has 0 aromatic carbocycles. The summed E-state index contributed by atoms with van der Waals surface area (Å²) in [6.45, 7) is 8.71. The van der Waals surface area contributed by atoms with Gasteiger partial charge in [-0.3, -0.25) is 0 Å². The first-order valence-electron chi connectivity index (χ1n) is 6.62. The number of hydrogen-bond acceptors (Lipinski definition) is 2. The SMILES string of the molecule is C=C1[C@H](O)[C@H]2C[C@@](C)(CO)CC2=C(C)C12CC2. The highest BCUT2D eigenvalue weighted by molar-refractivity contribution is 5.46. The van der Waals surface area contributed by atoms with E-state index < -0.39 is 0 Å². The van der Waals surface area contributed by atoms with Gasteiger partial charge in [0.2, 0.25) is 0 Å². The van der Waals surface area contributed by atoms with Crippen LogP contribution < -0.4 is 0 Å². The lowest BCUT2D eigenvalue weighted by atomic mass is 9.71. The molecule has 3 atom stereocenters. The van der Waals surface area contributed by atoms with Crippen LogP contribution in [0.25, 0.3) is 0 Å². The third kappa shape index (κ3) is 1.34. The topological polar surface area (TPSA) is 40.5 Å². The minimum atomic E-state index is -0.385. The molecule has 94 valence electrons. The summed E-state index contributed by atoms with van der Waals surface area (Å²) in [5, 5.41) is 20.0. The van der Waals surface area contributed by atoms with E-state index in [-0.39, 0.29) is 29.5 Å². The second-order valence-electron chi connectivity index (χ2n) is 6.66. The number of hydrogen-bond donors (Lipinski definition) is 2. The number of aliphatic hydroxyl groups is 2. The van der Waals surface area contributed by atoms with Gasteiger partial charge in [-0.1, -0.05) is 24.6 Å². The van der Waals surface area contributed by atoms with Gasteiger partial charge >= 0.3 is 0 Å². The Hall–Kier alpha value is -0.600. The van der Waals surface area contributed by atoms with E-state index in [1.807, 2.05) is 0 Å². The Kier molecular flexibility index (Phi) is 2.19. The number of rotatable bonds is 1.